The largest absolute Gasteiger partial charge is 0.0683 e. The summed E-state index contributed by atoms with van der Waals surface area (Å²) in [7, 11) is 0. The lowest BCUT2D eigenvalue weighted by atomic mass is 9.95. The van der Waals surface area contributed by atoms with E-state index in [1.807, 2.05) is 13.8 Å². The van der Waals surface area contributed by atoms with Crippen LogP contribution in [-0.4, -0.2) is 0 Å². The molecule has 0 nitrogen and oxygen atoms in total. The first kappa shape index (κ1) is 23.7. The van der Waals surface area contributed by atoms with Gasteiger partial charge in [0.1, 0.15) is 0 Å². The van der Waals surface area contributed by atoms with Crippen molar-refractivity contribution in [3.8, 4) is 11.1 Å². The van der Waals surface area contributed by atoms with Crippen molar-refractivity contribution in [2.75, 3.05) is 0 Å². The van der Waals surface area contributed by atoms with Gasteiger partial charge in [-0.25, -0.2) is 0 Å². The van der Waals surface area contributed by atoms with Crippen LogP contribution in [0.5, 0.6) is 0 Å². The van der Waals surface area contributed by atoms with Crippen molar-refractivity contribution in [2.45, 2.75) is 69.2 Å². The van der Waals surface area contributed by atoms with Gasteiger partial charge in [0.05, 0.1) is 0 Å². The zero-order chi connectivity index (χ0) is 21.4. The third-order valence-corrected chi connectivity index (χ3v) is 5.75. The summed E-state index contributed by atoms with van der Waals surface area (Å²) >= 11 is 0. The van der Waals surface area contributed by atoms with Crippen molar-refractivity contribution in [3.63, 3.8) is 0 Å². The normalized spacial score (nSPS) is 9.79. The van der Waals surface area contributed by atoms with E-state index in [1.54, 1.807) is 0 Å². The van der Waals surface area contributed by atoms with Crippen LogP contribution < -0.4 is 0 Å². The minimum Gasteiger partial charge on any atom is -0.0683 e. The maximum atomic E-state index is 2.27. The molecular formula is C28H38. The van der Waals surface area contributed by atoms with Gasteiger partial charge in [-0.3, -0.25) is 0 Å². The zero-order valence-corrected chi connectivity index (χ0v) is 19.6. The molecule has 3 rings (SSSR count). The predicted octanol–water partition coefficient (Wildman–Crippen LogP) is 8.53. The predicted molar refractivity (Wildman–Crippen MR) is 128 cm³/mol. The fourth-order valence-electron chi connectivity index (χ4n) is 3.06. The molecule has 0 atom stereocenters. The number of hydrogen-bond acceptors (Lipinski definition) is 0. The van der Waals surface area contributed by atoms with Crippen molar-refractivity contribution < 1.29 is 0 Å². The molecule has 3 aromatic carbocycles. The van der Waals surface area contributed by atoms with E-state index in [4.69, 9.17) is 0 Å². The van der Waals surface area contributed by atoms with Crippen LogP contribution in [0, 0.1) is 55.4 Å². The molecule has 0 fully saturated rings. The molecule has 3 aromatic rings. The minimum absolute atomic E-state index is 1.32. The standard InChI is InChI=1S/C16H18.C10H14.C2H6/c1-11-8-9-15(10-13(11)3)16-7-5-6-12(2)14(16)4;1-7-5-6-8(2)10(4)9(7)3;1-2/h5-10H,1-4H3;5-6H,1-4H3;1-2H3. The molecular weight excluding hydrogens is 336 g/mol. The summed E-state index contributed by atoms with van der Waals surface area (Å²) in [5, 5.41) is 0. The van der Waals surface area contributed by atoms with Gasteiger partial charge in [0.15, 0.2) is 0 Å². The highest BCUT2D eigenvalue weighted by atomic mass is 14.1. The SMILES string of the molecule is CC.Cc1ccc(-c2cccc(C)c2C)cc1C.Cc1ccc(C)c(C)c1C. The Morgan fingerprint density at radius 3 is 1.39 bits per heavy atom. The molecule has 0 bridgehead atoms. The number of hydrogen-bond donors (Lipinski definition) is 0. The molecule has 0 aliphatic heterocycles. The van der Waals surface area contributed by atoms with Crippen molar-refractivity contribution in [3.05, 3.63) is 93.0 Å². The quantitative estimate of drug-likeness (QED) is 0.400. The molecule has 0 aromatic heterocycles. The summed E-state index contributed by atoms with van der Waals surface area (Å²) in [6.45, 7) is 21.4. The van der Waals surface area contributed by atoms with E-state index in [1.165, 1.54) is 55.6 Å². The summed E-state index contributed by atoms with van der Waals surface area (Å²) < 4.78 is 0. The zero-order valence-electron chi connectivity index (χ0n) is 19.6. The first-order valence-corrected chi connectivity index (χ1v) is 10.4. The van der Waals surface area contributed by atoms with Crippen LogP contribution in [0.4, 0.5) is 0 Å². The molecule has 0 heteroatoms. The third-order valence-electron chi connectivity index (χ3n) is 5.75. The number of aryl methyl sites for hydroxylation is 5. The first-order valence-electron chi connectivity index (χ1n) is 10.4. The van der Waals surface area contributed by atoms with Crippen molar-refractivity contribution in [1.29, 1.82) is 0 Å². The Morgan fingerprint density at radius 1 is 0.429 bits per heavy atom. The molecule has 0 spiro atoms. The van der Waals surface area contributed by atoms with Gasteiger partial charge in [0.2, 0.25) is 0 Å². The molecule has 0 radical (unpaired) electrons. The Hall–Kier alpha value is -2.34. The Kier molecular flexibility index (Phi) is 9.19. The lowest BCUT2D eigenvalue weighted by Gasteiger charge is -2.10. The van der Waals surface area contributed by atoms with Gasteiger partial charge in [-0.2, -0.15) is 0 Å². The van der Waals surface area contributed by atoms with Gasteiger partial charge in [0.25, 0.3) is 0 Å². The van der Waals surface area contributed by atoms with Crippen LogP contribution in [0.3, 0.4) is 0 Å². The molecule has 0 heterocycles. The molecule has 0 aliphatic carbocycles. The lowest BCUT2D eigenvalue weighted by molar-refractivity contribution is 1.22. The van der Waals surface area contributed by atoms with E-state index < -0.39 is 0 Å². The number of rotatable bonds is 1. The van der Waals surface area contributed by atoms with E-state index in [2.05, 4.69) is 104 Å². The Labute approximate surface area is 173 Å². The van der Waals surface area contributed by atoms with Crippen LogP contribution in [-0.2, 0) is 0 Å². The second kappa shape index (κ2) is 10.9. The highest BCUT2D eigenvalue weighted by molar-refractivity contribution is 5.69. The highest BCUT2D eigenvalue weighted by Gasteiger charge is 2.04. The van der Waals surface area contributed by atoms with Gasteiger partial charge >= 0.3 is 0 Å². The molecule has 0 saturated carbocycles. The summed E-state index contributed by atoms with van der Waals surface area (Å²) in [4.78, 5) is 0. The van der Waals surface area contributed by atoms with Gasteiger partial charge in [-0.05, 0) is 111 Å². The molecule has 0 unspecified atom stereocenters. The molecule has 0 saturated heterocycles. The monoisotopic (exact) mass is 374 g/mol. The van der Waals surface area contributed by atoms with Crippen LogP contribution in [0.25, 0.3) is 11.1 Å². The molecule has 0 aliphatic rings. The average Bonchev–Trinajstić information content (AvgIpc) is 2.70. The molecule has 0 N–H and O–H groups in total. The van der Waals surface area contributed by atoms with Crippen molar-refractivity contribution >= 4 is 0 Å². The van der Waals surface area contributed by atoms with E-state index in [0.29, 0.717) is 0 Å². The van der Waals surface area contributed by atoms with Crippen LogP contribution >= 0.6 is 0 Å². The topological polar surface area (TPSA) is 0 Å². The fourth-order valence-corrected chi connectivity index (χ4v) is 3.06. The van der Waals surface area contributed by atoms with Crippen molar-refractivity contribution in [2.24, 2.45) is 0 Å². The maximum Gasteiger partial charge on any atom is -0.0152 e. The van der Waals surface area contributed by atoms with E-state index in [-0.39, 0.29) is 0 Å². The summed E-state index contributed by atoms with van der Waals surface area (Å²) in [5.74, 6) is 0. The van der Waals surface area contributed by atoms with Crippen LogP contribution in [0.15, 0.2) is 48.5 Å². The summed E-state index contributed by atoms with van der Waals surface area (Å²) in [6.07, 6.45) is 0. The second-order valence-corrected chi connectivity index (χ2v) is 7.50. The van der Waals surface area contributed by atoms with Gasteiger partial charge in [-0.15, -0.1) is 0 Å². The average molecular weight is 375 g/mol. The number of benzene rings is 3. The molecule has 28 heavy (non-hydrogen) atoms. The van der Waals surface area contributed by atoms with E-state index >= 15 is 0 Å². The highest BCUT2D eigenvalue weighted by Crippen LogP contribution is 2.26. The van der Waals surface area contributed by atoms with E-state index in [9.17, 15) is 0 Å². The minimum atomic E-state index is 1.32. The van der Waals surface area contributed by atoms with Crippen LogP contribution in [0.2, 0.25) is 0 Å². The summed E-state index contributed by atoms with van der Waals surface area (Å²) in [6, 6.07) is 17.5. The van der Waals surface area contributed by atoms with Crippen LogP contribution in [0.1, 0.15) is 58.4 Å². The molecule has 0 amide bonds. The maximum absolute atomic E-state index is 2.27. The Morgan fingerprint density at radius 2 is 0.893 bits per heavy atom. The van der Waals surface area contributed by atoms with Gasteiger partial charge < -0.3 is 0 Å². The second-order valence-electron chi connectivity index (χ2n) is 7.50. The van der Waals surface area contributed by atoms with Crippen molar-refractivity contribution in [1.82, 2.24) is 0 Å². The van der Waals surface area contributed by atoms with Gasteiger partial charge in [0, 0.05) is 0 Å². The third kappa shape index (κ3) is 5.83. The summed E-state index contributed by atoms with van der Waals surface area (Å²) in [5.41, 5.74) is 13.8. The molecule has 150 valence electrons. The Bertz CT molecular complexity index is 887. The smallest absolute Gasteiger partial charge is 0.0152 e. The van der Waals surface area contributed by atoms with E-state index in [0.717, 1.165) is 0 Å². The lowest BCUT2D eigenvalue weighted by Crippen LogP contribution is -1.88. The Balaban J connectivity index is 0.000000281. The fraction of sp³-hybridized carbons (Fsp3) is 0.357. The first-order chi connectivity index (χ1) is 13.2. The van der Waals surface area contributed by atoms with Gasteiger partial charge in [-0.1, -0.05) is 62.4 Å².